The van der Waals surface area contributed by atoms with Gasteiger partial charge in [-0.15, -0.1) is 0 Å². The minimum Gasteiger partial charge on any atom is -0.445 e. The molecular weight excluding hydrogens is 266 g/mol. The molecule has 1 aromatic carbocycles. The zero-order valence-electron chi connectivity index (χ0n) is 12.2. The Labute approximate surface area is 125 Å². The molecule has 4 nitrogen and oxygen atoms in total. The van der Waals surface area contributed by atoms with Crippen LogP contribution in [0.4, 0.5) is 4.79 Å². The maximum atomic E-state index is 12.3. The summed E-state index contributed by atoms with van der Waals surface area (Å²) in [6.07, 6.45) is 4.24. The molecule has 112 valence electrons. The molecule has 4 heteroatoms. The number of hydrogen-bond acceptors (Lipinski definition) is 3. The first-order chi connectivity index (χ1) is 10.3. The molecule has 0 aromatic heterocycles. The van der Waals surface area contributed by atoms with E-state index >= 15 is 0 Å². The largest absolute Gasteiger partial charge is 0.445 e. The van der Waals surface area contributed by atoms with Gasteiger partial charge in [0.05, 0.1) is 0 Å². The lowest BCUT2D eigenvalue weighted by Gasteiger charge is -2.42. The lowest BCUT2D eigenvalue weighted by atomic mass is 9.78. The Morgan fingerprint density at radius 3 is 2.76 bits per heavy atom. The van der Waals surface area contributed by atoms with E-state index in [1.165, 1.54) is 0 Å². The average molecular weight is 287 g/mol. The minimum absolute atomic E-state index is 0.0387. The molecule has 0 unspecified atom stereocenters. The molecule has 0 spiro atoms. The van der Waals surface area contributed by atoms with Crippen LogP contribution >= 0.6 is 0 Å². The third kappa shape index (κ3) is 3.09. The Morgan fingerprint density at radius 1 is 1.19 bits per heavy atom. The number of carbonyl (C=O) groups excluding carboxylic acids is 2. The summed E-state index contributed by atoms with van der Waals surface area (Å²) >= 11 is 0. The summed E-state index contributed by atoms with van der Waals surface area (Å²) in [6, 6.07) is 9.74. The summed E-state index contributed by atoms with van der Waals surface area (Å²) in [5.74, 6) is 0.364. The standard InChI is InChI=1S/C17H21NO3/c19-16-10-11-18(15-9-5-4-8-14(15)16)17(20)21-12-13-6-2-1-3-7-13/h1-3,6-7,14-15H,4-5,8-12H2/t14-,15-/m0/s1. The molecule has 1 saturated heterocycles. The van der Waals surface area contributed by atoms with Crippen LogP contribution in [0.3, 0.4) is 0 Å². The lowest BCUT2D eigenvalue weighted by Crippen LogP contribution is -2.53. The SMILES string of the molecule is O=C1CCN(C(=O)OCc2ccccc2)[C@H]2CCCC[C@H]12. The number of ketones is 1. The normalized spacial score (nSPS) is 25.3. The van der Waals surface area contributed by atoms with Gasteiger partial charge in [0.1, 0.15) is 12.4 Å². The number of nitrogens with zero attached hydrogens (tertiary/aromatic N) is 1. The fraction of sp³-hybridized carbons (Fsp3) is 0.529. The second-order valence-electron chi connectivity index (χ2n) is 5.91. The van der Waals surface area contributed by atoms with Crippen molar-refractivity contribution in [3.05, 3.63) is 35.9 Å². The van der Waals surface area contributed by atoms with Crippen LogP contribution in [-0.4, -0.2) is 29.4 Å². The lowest BCUT2D eigenvalue weighted by molar-refractivity contribution is -0.129. The van der Waals surface area contributed by atoms with Gasteiger partial charge >= 0.3 is 6.09 Å². The molecule has 1 heterocycles. The quantitative estimate of drug-likeness (QED) is 0.839. The van der Waals surface area contributed by atoms with Crippen molar-refractivity contribution < 1.29 is 14.3 Å². The van der Waals surface area contributed by atoms with Crippen molar-refractivity contribution in [2.75, 3.05) is 6.54 Å². The van der Waals surface area contributed by atoms with Crippen LogP contribution in [0.5, 0.6) is 0 Å². The molecular formula is C17H21NO3. The Balaban J connectivity index is 1.62. The number of fused-ring (bicyclic) bond motifs is 1. The van der Waals surface area contributed by atoms with Crippen LogP contribution in [-0.2, 0) is 16.1 Å². The molecule has 0 N–H and O–H groups in total. The molecule has 1 aromatic rings. The molecule has 2 aliphatic rings. The number of carbonyl (C=O) groups is 2. The number of hydrogen-bond donors (Lipinski definition) is 0. The van der Waals surface area contributed by atoms with Crippen LogP contribution in [0.1, 0.15) is 37.7 Å². The zero-order chi connectivity index (χ0) is 14.7. The fourth-order valence-electron chi connectivity index (χ4n) is 3.47. The molecule has 2 fully saturated rings. The van der Waals surface area contributed by atoms with Gasteiger partial charge in [0, 0.05) is 24.9 Å². The van der Waals surface area contributed by atoms with Crippen LogP contribution < -0.4 is 0 Å². The fourth-order valence-corrected chi connectivity index (χ4v) is 3.47. The van der Waals surface area contributed by atoms with E-state index in [2.05, 4.69) is 0 Å². The average Bonchev–Trinajstić information content (AvgIpc) is 2.54. The molecule has 1 amide bonds. The van der Waals surface area contributed by atoms with E-state index in [1.807, 2.05) is 30.3 Å². The summed E-state index contributed by atoms with van der Waals surface area (Å²) in [7, 11) is 0. The summed E-state index contributed by atoms with van der Waals surface area (Å²) in [6.45, 7) is 0.801. The Hall–Kier alpha value is -1.84. The molecule has 1 saturated carbocycles. The van der Waals surface area contributed by atoms with E-state index < -0.39 is 0 Å². The number of Topliss-reactive ketones (excluding diaryl/α,β-unsaturated/α-hetero) is 1. The molecule has 3 rings (SSSR count). The molecule has 1 aliphatic carbocycles. The van der Waals surface area contributed by atoms with Crippen LogP contribution in [0, 0.1) is 5.92 Å². The van der Waals surface area contributed by atoms with Crippen molar-refractivity contribution in [2.24, 2.45) is 5.92 Å². The minimum atomic E-state index is -0.275. The molecule has 2 atom stereocenters. The Morgan fingerprint density at radius 2 is 1.95 bits per heavy atom. The van der Waals surface area contributed by atoms with Crippen molar-refractivity contribution in [2.45, 2.75) is 44.8 Å². The summed E-state index contributed by atoms with van der Waals surface area (Å²) < 4.78 is 5.43. The summed E-state index contributed by atoms with van der Waals surface area (Å²) in [5.41, 5.74) is 0.985. The van der Waals surface area contributed by atoms with E-state index in [-0.39, 0.29) is 18.1 Å². The highest BCUT2D eigenvalue weighted by Gasteiger charge is 2.41. The topological polar surface area (TPSA) is 46.6 Å². The van der Waals surface area contributed by atoms with Crippen molar-refractivity contribution in [3.8, 4) is 0 Å². The Kier molecular flexibility index (Phi) is 4.23. The number of benzene rings is 1. The summed E-state index contributed by atoms with van der Waals surface area (Å²) in [5, 5.41) is 0. The van der Waals surface area contributed by atoms with Gasteiger partial charge in [-0.05, 0) is 18.4 Å². The highest BCUT2D eigenvalue weighted by atomic mass is 16.6. The van der Waals surface area contributed by atoms with Gasteiger partial charge < -0.3 is 9.64 Å². The van der Waals surface area contributed by atoms with Crippen molar-refractivity contribution in [1.29, 1.82) is 0 Å². The van der Waals surface area contributed by atoms with Crippen molar-refractivity contribution >= 4 is 11.9 Å². The van der Waals surface area contributed by atoms with E-state index in [0.717, 1.165) is 31.2 Å². The van der Waals surface area contributed by atoms with E-state index in [9.17, 15) is 9.59 Å². The first-order valence-corrected chi connectivity index (χ1v) is 7.76. The third-order valence-corrected chi connectivity index (χ3v) is 4.58. The van der Waals surface area contributed by atoms with Crippen LogP contribution in [0.25, 0.3) is 0 Å². The van der Waals surface area contributed by atoms with E-state index in [4.69, 9.17) is 4.74 Å². The molecule has 0 bridgehead atoms. The van der Waals surface area contributed by atoms with E-state index in [0.29, 0.717) is 25.4 Å². The van der Waals surface area contributed by atoms with E-state index in [1.54, 1.807) is 4.90 Å². The highest BCUT2D eigenvalue weighted by molar-refractivity contribution is 5.84. The number of ether oxygens (including phenoxy) is 1. The maximum absolute atomic E-state index is 12.3. The smallest absolute Gasteiger partial charge is 0.410 e. The van der Waals surface area contributed by atoms with Gasteiger partial charge in [0.15, 0.2) is 0 Å². The van der Waals surface area contributed by atoms with Gasteiger partial charge in [0.25, 0.3) is 0 Å². The predicted molar refractivity (Wildman–Crippen MR) is 78.7 cm³/mol. The van der Waals surface area contributed by atoms with Crippen LogP contribution in [0.15, 0.2) is 30.3 Å². The van der Waals surface area contributed by atoms with Crippen molar-refractivity contribution in [3.63, 3.8) is 0 Å². The van der Waals surface area contributed by atoms with Gasteiger partial charge in [-0.2, -0.15) is 0 Å². The van der Waals surface area contributed by atoms with Gasteiger partial charge in [-0.3, -0.25) is 4.79 Å². The first kappa shape index (κ1) is 14.1. The van der Waals surface area contributed by atoms with Gasteiger partial charge in [0.2, 0.25) is 0 Å². The monoisotopic (exact) mass is 287 g/mol. The number of likely N-dealkylation sites (tertiary alicyclic amines) is 1. The van der Waals surface area contributed by atoms with Gasteiger partial charge in [-0.25, -0.2) is 4.79 Å². The number of rotatable bonds is 2. The number of amides is 1. The molecule has 21 heavy (non-hydrogen) atoms. The third-order valence-electron chi connectivity index (χ3n) is 4.58. The molecule has 1 aliphatic heterocycles. The Bertz CT molecular complexity index is 514. The first-order valence-electron chi connectivity index (χ1n) is 7.76. The van der Waals surface area contributed by atoms with Crippen LogP contribution in [0.2, 0.25) is 0 Å². The highest BCUT2D eigenvalue weighted by Crippen LogP contribution is 2.33. The second-order valence-corrected chi connectivity index (χ2v) is 5.91. The zero-order valence-corrected chi connectivity index (χ0v) is 12.2. The van der Waals surface area contributed by atoms with Gasteiger partial charge in [-0.1, -0.05) is 43.2 Å². The number of piperidine rings is 1. The molecule has 0 radical (unpaired) electrons. The predicted octanol–water partition coefficient (Wildman–Crippen LogP) is 3.16. The second kappa shape index (κ2) is 6.29. The maximum Gasteiger partial charge on any atom is 0.410 e. The summed E-state index contributed by atoms with van der Waals surface area (Å²) in [4.78, 5) is 26.1. The van der Waals surface area contributed by atoms with Crippen molar-refractivity contribution in [1.82, 2.24) is 4.90 Å².